The zero-order valence-electron chi connectivity index (χ0n) is 14.7. The van der Waals surface area contributed by atoms with Gasteiger partial charge in [0.15, 0.2) is 52.0 Å². The molecule has 0 saturated carbocycles. The summed E-state index contributed by atoms with van der Waals surface area (Å²) in [4.78, 5) is 12.5. The van der Waals surface area contributed by atoms with Crippen LogP contribution in [-0.2, 0) is 10.3 Å². The lowest BCUT2D eigenvalue weighted by Gasteiger charge is -2.36. The highest BCUT2D eigenvalue weighted by atomic mass is 19.2. The van der Waals surface area contributed by atoms with Gasteiger partial charge < -0.3 is 19.7 Å². The molecule has 158 valence electrons. The second-order valence-electron chi connectivity index (χ2n) is 6.78. The fraction of sp³-hybridized carbons (Fsp3) is 0.0500. The van der Waals surface area contributed by atoms with E-state index in [9.17, 15) is 41.4 Å². The number of hydrogen-bond donors (Lipinski definition) is 2. The van der Waals surface area contributed by atoms with Crippen LogP contribution in [0.25, 0.3) is 0 Å². The molecule has 0 bridgehead atoms. The predicted molar refractivity (Wildman–Crippen MR) is 87.8 cm³/mol. The number of phenols is 2. The molecule has 0 saturated heterocycles. The van der Waals surface area contributed by atoms with E-state index in [1.807, 2.05) is 0 Å². The average molecular weight is 440 g/mol. The molecule has 5 rings (SSSR count). The molecule has 0 atom stereocenters. The maximum atomic E-state index is 15.0. The quantitative estimate of drug-likeness (QED) is 0.233. The predicted octanol–water partition coefficient (Wildman–Crippen LogP) is 4.50. The van der Waals surface area contributed by atoms with Crippen LogP contribution in [0.5, 0.6) is 23.0 Å². The number of carbonyl (C=O) groups excluding carboxylic acids is 1. The highest BCUT2D eigenvalue weighted by Crippen LogP contribution is 2.58. The third-order valence-corrected chi connectivity index (χ3v) is 5.15. The van der Waals surface area contributed by atoms with E-state index in [1.54, 1.807) is 0 Å². The van der Waals surface area contributed by atoms with Crippen molar-refractivity contribution in [2.75, 3.05) is 0 Å². The Kier molecular flexibility index (Phi) is 3.60. The Morgan fingerprint density at radius 1 is 0.710 bits per heavy atom. The highest BCUT2D eigenvalue weighted by Gasteiger charge is 2.58. The summed E-state index contributed by atoms with van der Waals surface area (Å²) in [7, 11) is 0. The molecule has 2 N–H and O–H groups in total. The molecular formula is C20H6F6O5. The van der Waals surface area contributed by atoms with Crippen molar-refractivity contribution >= 4 is 5.97 Å². The Balaban J connectivity index is 2.00. The zero-order chi connectivity index (χ0) is 22.4. The van der Waals surface area contributed by atoms with Crippen LogP contribution in [0.4, 0.5) is 26.3 Å². The molecule has 0 amide bonds. The van der Waals surface area contributed by atoms with Crippen molar-refractivity contribution in [3.63, 3.8) is 0 Å². The van der Waals surface area contributed by atoms with Crippen molar-refractivity contribution in [2.45, 2.75) is 5.60 Å². The normalized spacial score (nSPS) is 15.2. The monoisotopic (exact) mass is 440 g/mol. The number of rotatable bonds is 0. The van der Waals surface area contributed by atoms with Gasteiger partial charge in [-0.25, -0.2) is 31.1 Å². The summed E-state index contributed by atoms with van der Waals surface area (Å²) in [5.41, 5.74) is -6.38. The first-order valence-electron chi connectivity index (χ1n) is 8.41. The van der Waals surface area contributed by atoms with Gasteiger partial charge in [-0.1, -0.05) is 0 Å². The van der Waals surface area contributed by atoms with Crippen LogP contribution in [0.15, 0.2) is 24.3 Å². The Morgan fingerprint density at radius 3 is 1.71 bits per heavy atom. The van der Waals surface area contributed by atoms with Gasteiger partial charge in [0.05, 0.1) is 16.7 Å². The Morgan fingerprint density at radius 2 is 1.19 bits per heavy atom. The summed E-state index contributed by atoms with van der Waals surface area (Å²) in [5.74, 6) is -15.8. The topological polar surface area (TPSA) is 76.0 Å². The molecule has 2 aliphatic heterocycles. The summed E-state index contributed by atoms with van der Waals surface area (Å²) in [6, 6.07) is 2.43. The summed E-state index contributed by atoms with van der Waals surface area (Å²) in [6.45, 7) is 0. The van der Waals surface area contributed by atoms with Crippen molar-refractivity contribution in [2.24, 2.45) is 0 Å². The first-order valence-corrected chi connectivity index (χ1v) is 8.41. The maximum absolute atomic E-state index is 15.0. The van der Waals surface area contributed by atoms with E-state index >= 15 is 0 Å². The number of benzene rings is 3. The van der Waals surface area contributed by atoms with Gasteiger partial charge in [0.2, 0.25) is 0 Å². The maximum Gasteiger partial charge on any atom is 0.343 e. The molecule has 0 radical (unpaired) electrons. The standard InChI is InChI=1S/C20H6F6O5/c21-7-1-5-11(3-9(7)27)30-12-4-10(28)8(22)2-6(12)20(5)14-13(19(29)31-20)15(23)17(25)18(26)16(14)24/h1-4,27-28H. The second-order valence-corrected chi connectivity index (χ2v) is 6.78. The van der Waals surface area contributed by atoms with E-state index in [0.717, 1.165) is 0 Å². The van der Waals surface area contributed by atoms with Crippen LogP contribution in [0.1, 0.15) is 27.0 Å². The van der Waals surface area contributed by atoms with Crippen molar-refractivity contribution < 1.29 is 50.8 Å². The minimum atomic E-state index is -2.72. The molecular weight excluding hydrogens is 434 g/mol. The van der Waals surface area contributed by atoms with Crippen molar-refractivity contribution in [3.8, 4) is 23.0 Å². The first kappa shape index (κ1) is 19.1. The fourth-order valence-electron chi connectivity index (χ4n) is 3.84. The van der Waals surface area contributed by atoms with Crippen molar-refractivity contribution in [1.82, 2.24) is 0 Å². The van der Waals surface area contributed by atoms with Gasteiger partial charge in [0.25, 0.3) is 0 Å². The summed E-state index contributed by atoms with van der Waals surface area (Å²) >= 11 is 0. The van der Waals surface area contributed by atoms with E-state index in [-0.39, 0.29) is 0 Å². The van der Waals surface area contributed by atoms with Gasteiger partial charge in [-0.05, 0) is 12.1 Å². The van der Waals surface area contributed by atoms with Crippen LogP contribution in [0.2, 0.25) is 0 Å². The van der Waals surface area contributed by atoms with E-state index in [0.29, 0.717) is 24.3 Å². The van der Waals surface area contributed by atoms with Gasteiger partial charge in [-0.15, -0.1) is 0 Å². The average Bonchev–Trinajstić information content (AvgIpc) is 3.02. The number of ether oxygens (including phenoxy) is 2. The van der Waals surface area contributed by atoms with Gasteiger partial charge >= 0.3 is 5.97 Å². The lowest BCUT2D eigenvalue weighted by Crippen LogP contribution is -2.34. The first-order chi connectivity index (χ1) is 14.6. The molecule has 11 heteroatoms. The largest absolute Gasteiger partial charge is 0.505 e. The molecule has 2 aliphatic rings. The van der Waals surface area contributed by atoms with Crippen LogP contribution < -0.4 is 4.74 Å². The molecule has 2 heterocycles. The lowest BCUT2D eigenvalue weighted by atomic mass is 9.77. The molecule has 0 unspecified atom stereocenters. The Hall–Kier alpha value is -3.89. The minimum absolute atomic E-state index is 0.470. The SMILES string of the molecule is O=C1OC2(c3cc(F)c(O)cc3Oc3cc(O)c(F)cc32)c2c(F)c(F)c(F)c(F)c21. The number of carbonyl (C=O) groups is 1. The lowest BCUT2D eigenvalue weighted by molar-refractivity contribution is 0.0212. The van der Waals surface area contributed by atoms with E-state index in [2.05, 4.69) is 0 Å². The third-order valence-electron chi connectivity index (χ3n) is 5.15. The minimum Gasteiger partial charge on any atom is -0.505 e. The Labute approximate surface area is 167 Å². The molecule has 0 aromatic heterocycles. The highest BCUT2D eigenvalue weighted by molar-refractivity contribution is 5.97. The van der Waals surface area contributed by atoms with Crippen LogP contribution >= 0.6 is 0 Å². The molecule has 0 aliphatic carbocycles. The smallest absolute Gasteiger partial charge is 0.343 e. The number of phenolic OH excluding ortho intramolecular Hbond substituents is 2. The number of aromatic hydroxyl groups is 2. The molecule has 0 fully saturated rings. The number of halogens is 6. The van der Waals surface area contributed by atoms with Crippen LogP contribution in [-0.4, -0.2) is 16.2 Å². The summed E-state index contributed by atoms with van der Waals surface area (Å²) < 4.78 is 96.2. The third kappa shape index (κ3) is 2.20. The molecule has 1 spiro atoms. The van der Waals surface area contributed by atoms with E-state index < -0.39 is 91.7 Å². The molecule has 5 nitrogen and oxygen atoms in total. The van der Waals surface area contributed by atoms with E-state index in [4.69, 9.17) is 9.47 Å². The fourth-order valence-corrected chi connectivity index (χ4v) is 3.84. The van der Waals surface area contributed by atoms with Gasteiger partial charge in [0, 0.05) is 12.1 Å². The van der Waals surface area contributed by atoms with Crippen LogP contribution in [0.3, 0.4) is 0 Å². The van der Waals surface area contributed by atoms with Crippen LogP contribution in [0, 0.1) is 34.9 Å². The number of hydrogen-bond acceptors (Lipinski definition) is 5. The van der Waals surface area contributed by atoms with Gasteiger partial charge in [-0.3, -0.25) is 0 Å². The zero-order valence-corrected chi connectivity index (χ0v) is 14.7. The summed E-state index contributed by atoms with van der Waals surface area (Å²) in [5, 5.41) is 19.3. The molecule has 31 heavy (non-hydrogen) atoms. The van der Waals surface area contributed by atoms with Crippen molar-refractivity contribution in [1.29, 1.82) is 0 Å². The molecule has 3 aromatic rings. The number of fused-ring (bicyclic) bond motifs is 6. The van der Waals surface area contributed by atoms with Crippen molar-refractivity contribution in [3.05, 3.63) is 81.4 Å². The Bertz CT molecular complexity index is 1300. The molecule has 3 aromatic carbocycles. The summed E-state index contributed by atoms with van der Waals surface area (Å²) in [6.07, 6.45) is 0. The van der Waals surface area contributed by atoms with E-state index in [1.165, 1.54) is 0 Å². The number of esters is 1. The van der Waals surface area contributed by atoms with Gasteiger partial charge in [0.1, 0.15) is 17.1 Å². The second kappa shape index (κ2) is 5.84. The van der Waals surface area contributed by atoms with Gasteiger partial charge in [-0.2, -0.15) is 0 Å².